The van der Waals surface area contributed by atoms with E-state index in [4.69, 9.17) is 11.6 Å². The third kappa shape index (κ3) is 1.10. The minimum absolute atomic E-state index is 0.550. The first-order chi connectivity index (χ1) is 5.40. The van der Waals surface area contributed by atoms with Crippen LogP contribution in [0.5, 0.6) is 0 Å². The van der Waals surface area contributed by atoms with E-state index in [1.165, 1.54) is 0 Å². The summed E-state index contributed by atoms with van der Waals surface area (Å²) in [5.74, 6) is 0.550. The molecule has 0 aliphatic heterocycles. The van der Waals surface area contributed by atoms with Crippen LogP contribution < -0.4 is 0 Å². The molecule has 0 atom stereocenters. The van der Waals surface area contributed by atoms with Gasteiger partial charge in [-0.3, -0.25) is 0 Å². The molecule has 0 fully saturated rings. The van der Waals surface area contributed by atoms with Gasteiger partial charge in [0.25, 0.3) is 0 Å². The van der Waals surface area contributed by atoms with E-state index in [1.54, 1.807) is 6.20 Å². The SMILES string of the molecule is ClCc1ccc2nccn2c1. The van der Waals surface area contributed by atoms with Crippen molar-refractivity contribution in [1.29, 1.82) is 0 Å². The van der Waals surface area contributed by atoms with Gasteiger partial charge in [0.05, 0.1) is 0 Å². The molecule has 2 aromatic rings. The van der Waals surface area contributed by atoms with E-state index in [9.17, 15) is 0 Å². The monoisotopic (exact) mass is 166 g/mol. The summed E-state index contributed by atoms with van der Waals surface area (Å²) in [7, 11) is 0. The molecule has 0 bridgehead atoms. The lowest BCUT2D eigenvalue weighted by molar-refractivity contribution is 1.15. The molecule has 0 unspecified atom stereocenters. The first-order valence-electron chi connectivity index (χ1n) is 3.38. The lowest BCUT2D eigenvalue weighted by atomic mass is 10.3. The van der Waals surface area contributed by atoms with Gasteiger partial charge in [0.15, 0.2) is 0 Å². The third-order valence-electron chi connectivity index (χ3n) is 1.60. The standard InChI is InChI=1S/C8H7ClN2/c9-5-7-1-2-8-10-3-4-11(8)6-7/h1-4,6H,5H2. The van der Waals surface area contributed by atoms with E-state index in [1.807, 2.05) is 28.9 Å². The zero-order valence-corrected chi connectivity index (χ0v) is 6.62. The second kappa shape index (κ2) is 2.55. The Morgan fingerprint density at radius 2 is 2.36 bits per heavy atom. The number of halogens is 1. The molecule has 0 aliphatic rings. The van der Waals surface area contributed by atoms with Gasteiger partial charge < -0.3 is 4.40 Å². The van der Waals surface area contributed by atoms with Gasteiger partial charge in [-0.05, 0) is 11.6 Å². The van der Waals surface area contributed by atoms with Gasteiger partial charge in [-0.1, -0.05) is 6.07 Å². The number of hydrogen-bond donors (Lipinski definition) is 0. The van der Waals surface area contributed by atoms with Crippen molar-refractivity contribution < 1.29 is 0 Å². The zero-order valence-electron chi connectivity index (χ0n) is 5.87. The molecule has 0 amide bonds. The molecule has 0 spiro atoms. The predicted octanol–water partition coefficient (Wildman–Crippen LogP) is 2.07. The predicted molar refractivity (Wildman–Crippen MR) is 44.7 cm³/mol. The Hall–Kier alpha value is -1.02. The number of rotatable bonds is 1. The molecule has 2 rings (SSSR count). The van der Waals surface area contributed by atoms with Crippen molar-refractivity contribution in [2.75, 3.05) is 0 Å². The van der Waals surface area contributed by atoms with E-state index < -0.39 is 0 Å². The Bertz CT molecular complexity index is 367. The second-order valence-electron chi connectivity index (χ2n) is 2.36. The van der Waals surface area contributed by atoms with Crippen LogP contribution in [0, 0.1) is 0 Å². The fourth-order valence-electron chi connectivity index (χ4n) is 1.05. The highest BCUT2D eigenvalue weighted by Gasteiger charge is 1.93. The average Bonchev–Trinajstić information content (AvgIpc) is 2.50. The second-order valence-corrected chi connectivity index (χ2v) is 2.63. The molecule has 2 nitrogen and oxygen atoms in total. The topological polar surface area (TPSA) is 17.3 Å². The molecule has 0 N–H and O–H groups in total. The van der Waals surface area contributed by atoms with Crippen LogP contribution in [-0.2, 0) is 5.88 Å². The lowest BCUT2D eigenvalue weighted by Crippen LogP contribution is -1.85. The summed E-state index contributed by atoms with van der Waals surface area (Å²) in [6, 6.07) is 3.94. The summed E-state index contributed by atoms with van der Waals surface area (Å²) in [4.78, 5) is 4.11. The largest absolute Gasteiger partial charge is 0.307 e. The van der Waals surface area contributed by atoms with Gasteiger partial charge in [0.1, 0.15) is 5.65 Å². The van der Waals surface area contributed by atoms with Crippen LogP contribution in [0.4, 0.5) is 0 Å². The number of alkyl halides is 1. The normalized spacial score (nSPS) is 10.6. The van der Waals surface area contributed by atoms with Gasteiger partial charge in [-0.2, -0.15) is 0 Å². The summed E-state index contributed by atoms with van der Waals surface area (Å²) < 4.78 is 1.96. The molecule has 11 heavy (non-hydrogen) atoms. The minimum Gasteiger partial charge on any atom is -0.307 e. The molecule has 0 aliphatic carbocycles. The van der Waals surface area contributed by atoms with Crippen LogP contribution in [0.25, 0.3) is 5.65 Å². The molecule has 3 heteroatoms. The molecule has 0 saturated heterocycles. The highest BCUT2D eigenvalue weighted by Crippen LogP contribution is 2.06. The van der Waals surface area contributed by atoms with E-state index in [2.05, 4.69) is 4.98 Å². The van der Waals surface area contributed by atoms with E-state index >= 15 is 0 Å². The Balaban J connectivity index is 2.67. The van der Waals surface area contributed by atoms with Crippen LogP contribution >= 0.6 is 11.6 Å². The van der Waals surface area contributed by atoms with Crippen LogP contribution in [0.2, 0.25) is 0 Å². The summed E-state index contributed by atoms with van der Waals surface area (Å²) in [5, 5.41) is 0. The summed E-state index contributed by atoms with van der Waals surface area (Å²) in [6.07, 6.45) is 5.66. The molecule has 2 heterocycles. The lowest BCUT2D eigenvalue weighted by Gasteiger charge is -1.95. The number of hydrogen-bond acceptors (Lipinski definition) is 1. The Morgan fingerprint density at radius 1 is 1.45 bits per heavy atom. The highest BCUT2D eigenvalue weighted by atomic mass is 35.5. The number of aromatic nitrogens is 2. The fourth-order valence-corrected chi connectivity index (χ4v) is 1.20. The smallest absolute Gasteiger partial charge is 0.136 e. The first-order valence-corrected chi connectivity index (χ1v) is 3.91. The van der Waals surface area contributed by atoms with Crippen molar-refractivity contribution in [3.05, 3.63) is 36.3 Å². The quantitative estimate of drug-likeness (QED) is 0.593. The molecular weight excluding hydrogens is 160 g/mol. The van der Waals surface area contributed by atoms with Crippen LogP contribution in [0.3, 0.4) is 0 Å². The molecule has 0 radical (unpaired) electrons. The van der Waals surface area contributed by atoms with E-state index in [0.29, 0.717) is 5.88 Å². The number of pyridine rings is 1. The van der Waals surface area contributed by atoms with Gasteiger partial charge in [0, 0.05) is 24.5 Å². The first kappa shape index (κ1) is 6.68. The maximum Gasteiger partial charge on any atom is 0.136 e. The highest BCUT2D eigenvalue weighted by molar-refractivity contribution is 6.17. The minimum atomic E-state index is 0.550. The van der Waals surface area contributed by atoms with Crippen molar-refractivity contribution >= 4 is 17.2 Å². The van der Waals surface area contributed by atoms with E-state index in [0.717, 1.165) is 11.2 Å². The zero-order chi connectivity index (χ0) is 7.68. The number of fused-ring (bicyclic) bond motifs is 1. The van der Waals surface area contributed by atoms with Crippen molar-refractivity contribution in [1.82, 2.24) is 9.38 Å². The van der Waals surface area contributed by atoms with Crippen molar-refractivity contribution in [3.8, 4) is 0 Å². The van der Waals surface area contributed by atoms with Gasteiger partial charge in [-0.25, -0.2) is 4.98 Å². The Morgan fingerprint density at radius 3 is 3.18 bits per heavy atom. The maximum absolute atomic E-state index is 5.66. The molecule has 0 saturated carbocycles. The van der Waals surface area contributed by atoms with Crippen LogP contribution in [-0.4, -0.2) is 9.38 Å². The molecular formula is C8H7ClN2. The molecule has 56 valence electrons. The van der Waals surface area contributed by atoms with E-state index in [-0.39, 0.29) is 0 Å². The van der Waals surface area contributed by atoms with Crippen molar-refractivity contribution in [3.63, 3.8) is 0 Å². The summed E-state index contributed by atoms with van der Waals surface area (Å²) >= 11 is 5.66. The molecule has 0 aromatic carbocycles. The fraction of sp³-hybridized carbons (Fsp3) is 0.125. The average molecular weight is 167 g/mol. The summed E-state index contributed by atoms with van der Waals surface area (Å²) in [5.41, 5.74) is 2.07. The Labute approximate surface area is 69.4 Å². The van der Waals surface area contributed by atoms with Gasteiger partial charge >= 0.3 is 0 Å². The van der Waals surface area contributed by atoms with Crippen LogP contribution in [0.15, 0.2) is 30.7 Å². The maximum atomic E-state index is 5.66. The van der Waals surface area contributed by atoms with Gasteiger partial charge in [0.2, 0.25) is 0 Å². The van der Waals surface area contributed by atoms with Gasteiger partial charge in [-0.15, -0.1) is 11.6 Å². The third-order valence-corrected chi connectivity index (χ3v) is 1.91. The summed E-state index contributed by atoms with van der Waals surface area (Å²) in [6.45, 7) is 0. The van der Waals surface area contributed by atoms with Crippen molar-refractivity contribution in [2.24, 2.45) is 0 Å². The Kier molecular flexibility index (Phi) is 1.55. The van der Waals surface area contributed by atoms with Crippen molar-refractivity contribution in [2.45, 2.75) is 5.88 Å². The van der Waals surface area contributed by atoms with Crippen LogP contribution in [0.1, 0.15) is 5.56 Å². The number of imidazole rings is 1. The number of nitrogens with zero attached hydrogens (tertiary/aromatic N) is 2. The molecule has 2 aromatic heterocycles.